The molecule has 0 aliphatic rings. The molecule has 3 nitrogen and oxygen atoms in total. The molecule has 0 aromatic heterocycles. The summed E-state index contributed by atoms with van der Waals surface area (Å²) in [5.74, 6) is 6.03. The number of benzene rings is 2. The maximum atomic E-state index is 12.1. The number of anilines is 1. The number of carbonyl (C=O) groups excluding carboxylic acids is 1. The molecule has 1 N–H and O–H groups in total. The second-order valence-corrected chi connectivity index (χ2v) is 5.21. The fourth-order valence-corrected chi connectivity index (χ4v) is 2.16. The Labute approximate surface area is 132 Å². The summed E-state index contributed by atoms with van der Waals surface area (Å²) >= 11 is 0. The number of nitrogens with zero attached hydrogens (tertiary/aromatic N) is 1. The van der Waals surface area contributed by atoms with Crippen molar-refractivity contribution in [3.63, 3.8) is 0 Å². The lowest BCUT2D eigenvalue weighted by Gasteiger charge is -2.13. The van der Waals surface area contributed by atoms with Crippen LogP contribution in [0.15, 0.2) is 48.5 Å². The number of rotatable bonds is 3. The topological polar surface area (TPSA) is 32.3 Å². The number of amides is 1. The Hall–Kier alpha value is -2.73. The molecule has 112 valence electrons. The minimum Gasteiger partial charge on any atom is -0.377 e. The van der Waals surface area contributed by atoms with Gasteiger partial charge in [0.25, 0.3) is 5.91 Å². The number of hydrogen-bond donors (Lipinski definition) is 1. The molecule has 0 saturated heterocycles. The predicted octanol–water partition coefficient (Wildman–Crippen LogP) is 2.84. The Morgan fingerprint density at radius 2 is 1.77 bits per heavy atom. The molecule has 0 aliphatic heterocycles. The third-order valence-electron chi connectivity index (χ3n) is 3.34. The van der Waals surface area contributed by atoms with Crippen molar-refractivity contribution >= 4 is 11.6 Å². The van der Waals surface area contributed by atoms with E-state index in [-0.39, 0.29) is 5.91 Å². The maximum Gasteiger partial charge on any atom is 0.252 e. The second kappa shape index (κ2) is 7.33. The van der Waals surface area contributed by atoms with Gasteiger partial charge in [-0.15, -0.1) is 0 Å². The first-order chi connectivity index (χ1) is 10.6. The van der Waals surface area contributed by atoms with Crippen molar-refractivity contribution in [3.05, 3.63) is 65.2 Å². The minimum absolute atomic E-state index is 0.0895. The maximum absolute atomic E-state index is 12.1. The molecule has 0 spiro atoms. The summed E-state index contributed by atoms with van der Waals surface area (Å²) in [5.41, 5.74) is 3.68. The van der Waals surface area contributed by atoms with Gasteiger partial charge in [0, 0.05) is 25.2 Å². The predicted molar refractivity (Wildman–Crippen MR) is 91.2 cm³/mol. The third kappa shape index (κ3) is 3.89. The van der Waals surface area contributed by atoms with Crippen molar-refractivity contribution in [1.29, 1.82) is 0 Å². The van der Waals surface area contributed by atoms with E-state index >= 15 is 0 Å². The van der Waals surface area contributed by atoms with Gasteiger partial charge in [0.15, 0.2) is 0 Å². The summed E-state index contributed by atoms with van der Waals surface area (Å²) in [6.45, 7) is 2.25. The fourth-order valence-electron chi connectivity index (χ4n) is 2.16. The van der Waals surface area contributed by atoms with Crippen molar-refractivity contribution in [2.45, 2.75) is 6.92 Å². The van der Waals surface area contributed by atoms with Gasteiger partial charge in [-0.1, -0.05) is 42.2 Å². The van der Waals surface area contributed by atoms with E-state index in [9.17, 15) is 4.79 Å². The van der Waals surface area contributed by atoms with E-state index in [1.807, 2.05) is 74.4 Å². The molecule has 22 heavy (non-hydrogen) atoms. The normalized spacial score (nSPS) is 9.59. The van der Waals surface area contributed by atoms with E-state index in [1.54, 1.807) is 0 Å². The van der Waals surface area contributed by atoms with Gasteiger partial charge in [-0.25, -0.2) is 0 Å². The molecule has 3 heteroatoms. The summed E-state index contributed by atoms with van der Waals surface area (Å²) in [6.07, 6.45) is 0. The van der Waals surface area contributed by atoms with E-state index < -0.39 is 0 Å². The van der Waals surface area contributed by atoms with Crippen LogP contribution in [0.4, 0.5) is 5.69 Å². The lowest BCUT2D eigenvalue weighted by molar-refractivity contribution is 0.0958. The van der Waals surface area contributed by atoms with Crippen LogP contribution in [0.25, 0.3) is 0 Å². The van der Waals surface area contributed by atoms with Crippen LogP contribution in [0.3, 0.4) is 0 Å². The number of nitrogens with one attached hydrogen (secondary N) is 1. The highest BCUT2D eigenvalue weighted by atomic mass is 16.1. The van der Waals surface area contributed by atoms with Crippen molar-refractivity contribution in [2.75, 3.05) is 25.5 Å². The molecule has 0 radical (unpaired) electrons. The van der Waals surface area contributed by atoms with E-state index in [1.165, 1.54) is 0 Å². The summed E-state index contributed by atoms with van der Waals surface area (Å²) in [6, 6.07) is 15.5. The number of para-hydroxylation sites is 1. The molecular weight excluding hydrogens is 272 g/mol. The first-order valence-electron chi connectivity index (χ1n) is 7.18. The summed E-state index contributed by atoms with van der Waals surface area (Å²) in [4.78, 5) is 14.1. The molecule has 0 saturated carbocycles. The Morgan fingerprint density at radius 3 is 2.50 bits per heavy atom. The van der Waals surface area contributed by atoms with E-state index in [0.717, 1.165) is 16.8 Å². The molecule has 0 aliphatic carbocycles. The van der Waals surface area contributed by atoms with Gasteiger partial charge in [-0.2, -0.15) is 0 Å². The minimum atomic E-state index is -0.0895. The Balaban J connectivity index is 2.01. The van der Waals surface area contributed by atoms with Crippen LogP contribution in [0, 0.1) is 18.8 Å². The number of carbonyl (C=O) groups is 1. The molecule has 0 atom stereocenters. The van der Waals surface area contributed by atoms with Crippen molar-refractivity contribution < 1.29 is 4.79 Å². The van der Waals surface area contributed by atoms with Crippen molar-refractivity contribution in [2.24, 2.45) is 0 Å². The standard InChI is InChI=1S/C19H20N2O/c1-15-9-4-6-12-17(15)19(22)20-14-8-11-16-10-5-7-13-18(16)21(2)3/h4-7,9-10,12-13H,14H2,1-3H3,(H,20,22). The van der Waals surface area contributed by atoms with Crippen LogP contribution in [0.2, 0.25) is 0 Å². The zero-order valence-electron chi connectivity index (χ0n) is 13.2. The van der Waals surface area contributed by atoms with Crippen LogP contribution in [0.5, 0.6) is 0 Å². The van der Waals surface area contributed by atoms with Crippen LogP contribution in [0.1, 0.15) is 21.5 Å². The average Bonchev–Trinajstić information content (AvgIpc) is 2.52. The van der Waals surface area contributed by atoms with Crippen LogP contribution >= 0.6 is 0 Å². The highest BCUT2D eigenvalue weighted by Crippen LogP contribution is 2.16. The largest absolute Gasteiger partial charge is 0.377 e. The third-order valence-corrected chi connectivity index (χ3v) is 3.34. The SMILES string of the molecule is Cc1ccccc1C(=O)NCC#Cc1ccccc1N(C)C. The lowest BCUT2D eigenvalue weighted by Crippen LogP contribution is -2.24. The monoisotopic (exact) mass is 292 g/mol. The highest BCUT2D eigenvalue weighted by Gasteiger charge is 2.06. The van der Waals surface area contributed by atoms with Gasteiger partial charge in [0.1, 0.15) is 0 Å². The summed E-state index contributed by atoms with van der Waals surface area (Å²) in [5, 5.41) is 2.83. The van der Waals surface area contributed by atoms with Gasteiger partial charge in [-0.05, 0) is 30.7 Å². The molecule has 0 fully saturated rings. The highest BCUT2D eigenvalue weighted by molar-refractivity contribution is 5.95. The quantitative estimate of drug-likeness (QED) is 0.882. The Morgan fingerprint density at radius 1 is 1.09 bits per heavy atom. The molecule has 1 amide bonds. The second-order valence-electron chi connectivity index (χ2n) is 5.21. The van der Waals surface area contributed by atoms with E-state index in [2.05, 4.69) is 17.2 Å². The van der Waals surface area contributed by atoms with Crippen LogP contribution < -0.4 is 10.2 Å². The zero-order valence-corrected chi connectivity index (χ0v) is 13.2. The lowest BCUT2D eigenvalue weighted by atomic mass is 10.1. The molecule has 0 bridgehead atoms. The molecule has 2 aromatic rings. The van der Waals surface area contributed by atoms with Gasteiger partial charge < -0.3 is 10.2 Å². The van der Waals surface area contributed by atoms with Crippen LogP contribution in [-0.4, -0.2) is 26.5 Å². The average molecular weight is 292 g/mol. The molecular formula is C19H20N2O. The molecule has 0 unspecified atom stereocenters. The van der Waals surface area contributed by atoms with Crippen molar-refractivity contribution in [1.82, 2.24) is 5.32 Å². The van der Waals surface area contributed by atoms with E-state index in [4.69, 9.17) is 0 Å². The molecule has 0 heterocycles. The molecule has 2 aromatic carbocycles. The van der Waals surface area contributed by atoms with Gasteiger partial charge in [0.05, 0.1) is 12.2 Å². The Kier molecular flexibility index (Phi) is 5.21. The summed E-state index contributed by atoms with van der Waals surface area (Å²) in [7, 11) is 3.97. The number of hydrogen-bond acceptors (Lipinski definition) is 2. The van der Waals surface area contributed by atoms with Crippen molar-refractivity contribution in [3.8, 4) is 11.8 Å². The zero-order chi connectivity index (χ0) is 15.9. The van der Waals surface area contributed by atoms with E-state index in [0.29, 0.717) is 12.1 Å². The van der Waals surface area contributed by atoms with Gasteiger partial charge >= 0.3 is 0 Å². The smallest absolute Gasteiger partial charge is 0.252 e. The van der Waals surface area contributed by atoms with Crippen LogP contribution in [-0.2, 0) is 0 Å². The molecule has 2 rings (SSSR count). The van der Waals surface area contributed by atoms with Gasteiger partial charge in [-0.3, -0.25) is 4.79 Å². The fraction of sp³-hybridized carbons (Fsp3) is 0.211. The number of aryl methyl sites for hydroxylation is 1. The Bertz CT molecular complexity index is 723. The first kappa shape index (κ1) is 15.7. The first-order valence-corrected chi connectivity index (χ1v) is 7.18. The van der Waals surface area contributed by atoms with Gasteiger partial charge in [0.2, 0.25) is 0 Å². The summed E-state index contributed by atoms with van der Waals surface area (Å²) < 4.78 is 0.